The molecule has 0 spiro atoms. The molecular weight excluding hydrogens is 364 g/mol. The van der Waals surface area contributed by atoms with Crippen LogP contribution in [0.1, 0.15) is 31.2 Å². The van der Waals surface area contributed by atoms with Crippen LogP contribution in [0.15, 0.2) is 30.7 Å². The van der Waals surface area contributed by atoms with Crippen LogP contribution in [0.2, 0.25) is 5.02 Å². The van der Waals surface area contributed by atoms with Crippen molar-refractivity contribution in [3.63, 3.8) is 0 Å². The second kappa shape index (κ2) is 8.08. The minimum atomic E-state index is 0.118. The summed E-state index contributed by atoms with van der Waals surface area (Å²) >= 11 is 6.09. The number of carbonyl (C=O) groups excluding carboxylic acids is 1. The third kappa shape index (κ3) is 4.30. The van der Waals surface area contributed by atoms with Crippen molar-refractivity contribution in [2.75, 3.05) is 6.54 Å². The lowest BCUT2D eigenvalue weighted by molar-refractivity contribution is -0.126. The number of aromatic nitrogens is 5. The summed E-state index contributed by atoms with van der Waals surface area (Å²) in [5.41, 5.74) is 2.25. The fourth-order valence-corrected chi connectivity index (χ4v) is 4.13. The summed E-state index contributed by atoms with van der Waals surface area (Å²) in [5, 5.41) is 16.2. The van der Waals surface area contributed by atoms with Crippen LogP contribution in [0.25, 0.3) is 10.9 Å². The van der Waals surface area contributed by atoms with Gasteiger partial charge in [0, 0.05) is 41.1 Å². The fourth-order valence-electron chi connectivity index (χ4n) is 3.96. The van der Waals surface area contributed by atoms with Crippen LogP contribution < -0.4 is 5.32 Å². The van der Waals surface area contributed by atoms with Gasteiger partial charge < -0.3 is 10.3 Å². The van der Waals surface area contributed by atoms with Gasteiger partial charge in [-0.15, -0.1) is 5.10 Å². The first kappa shape index (κ1) is 18.0. The van der Waals surface area contributed by atoms with Crippen LogP contribution >= 0.6 is 11.6 Å². The number of benzene rings is 1. The maximum Gasteiger partial charge on any atom is 0.223 e. The summed E-state index contributed by atoms with van der Waals surface area (Å²) < 4.78 is 1.78. The molecule has 1 aromatic carbocycles. The highest BCUT2D eigenvalue weighted by atomic mass is 35.5. The van der Waals surface area contributed by atoms with Gasteiger partial charge in [0.05, 0.1) is 0 Å². The van der Waals surface area contributed by atoms with Crippen LogP contribution in [0.3, 0.4) is 0 Å². The first-order chi connectivity index (χ1) is 13.2. The topological polar surface area (TPSA) is 88.5 Å². The van der Waals surface area contributed by atoms with Crippen molar-refractivity contribution >= 4 is 28.4 Å². The predicted octanol–water partition coefficient (Wildman–Crippen LogP) is 2.97. The van der Waals surface area contributed by atoms with E-state index in [9.17, 15) is 4.79 Å². The number of nitrogens with one attached hydrogen (secondary N) is 2. The molecule has 0 aliphatic heterocycles. The summed E-state index contributed by atoms with van der Waals surface area (Å²) in [7, 11) is 0. The van der Waals surface area contributed by atoms with Crippen molar-refractivity contribution in [2.45, 2.75) is 38.6 Å². The second-order valence-corrected chi connectivity index (χ2v) is 7.73. The van der Waals surface area contributed by atoms with Crippen molar-refractivity contribution in [2.24, 2.45) is 11.8 Å². The van der Waals surface area contributed by atoms with E-state index in [4.69, 9.17) is 11.6 Å². The molecule has 2 heterocycles. The molecule has 1 saturated carbocycles. The number of aromatic amines is 1. The second-order valence-electron chi connectivity index (χ2n) is 7.29. The molecule has 1 amide bonds. The van der Waals surface area contributed by atoms with E-state index in [0.29, 0.717) is 12.5 Å². The van der Waals surface area contributed by atoms with Crippen LogP contribution in [0, 0.1) is 11.8 Å². The smallest absolute Gasteiger partial charge is 0.223 e. The molecule has 1 aliphatic carbocycles. The van der Waals surface area contributed by atoms with Gasteiger partial charge in [-0.1, -0.05) is 11.6 Å². The van der Waals surface area contributed by atoms with Crippen LogP contribution in [-0.2, 0) is 17.8 Å². The Labute approximate surface area is 162 Å². The molecule has 0 unspecified atom stereocenters. The summed E-state index contributed by atoms with van der Waals surface area (Å²) in [6, 6.07) is 5.83. The Bertz CT molecular complexity index is 898. The van der Waals surface area contributed by atoms with Crippen LogP contribution in [-0.4, -0.2) is 37.6 Å². The predicted molar refractivity (Wildman–Crippen MR) is 103 cm³/mol. The zero-order chi connectivity index (χ0) is 18.6. The Morgan fingerprint density at radius 2 is 2.15 bits per heavy atom. The van der Waals surface area contributed by atoms with E-state index in [0.717, 1.165) is 54.6 Å². The number of nitrogens with zero attached hydrogens (tertiary/aromatic N) is 4. The van der Waals surface area contributed by atoms with Gasteiger partial charge in [-0.2, -0.15) is 0 Å². The van der Waals surface area contributed by atoms with Gasteiger partial charge in [-0.25, -0.2) is 4.68 Å². The lowest BCUT2D eigenvalue weighted by Crippen LogP contribution is -2.34. The van der Waals surface area contributed by atoms with E-state index in [1.807, 2.05) is 24.4 Å². The zero-order valence-corrected chi connectivity index (χ0v) is 15.8. The molecule has 0 radical (unpaired) electrons. The lowest BCUT2D eigenvalue weighted by atomic mass is 9.81. The monoisotopic (exact) mass is 386 g/mol. The number of fused-ring (bicyclic) bond motifs is 1. The molecule has 8 heteroatoms. The third-order valence-electron chi connectivity index (χ3n) is 5.48. The first-order valence-electron chi connectivity index (χ1n) is 9.43. The van der Waals surface area contributed by atoms with E-state index in [-0.39, 0.29) is 11.8 Å². The number of H-pyrrole nitrogens is 1. The maximum atomic E-state index is 12.5. The van der Waals surface area contributed by atoms with Crippen LogP contribution in [0.4, 0.5) is 0 Å². The van der Waals surface area contributed by atoms with Crippen LogP contribution in [0.5, 0.6) is 0 Å². The summed E-state index contributed by atoms with van der Waals surface area (Å²) in [4.78, 5) is 15.7. The van der Waals surface area contributed by atoms with E-state index in [1.165, 1.54) is 5.56 Å². The molecule has 2 aromatic heterocycles. The van der Waals surface area contributed by atoms with Crippen molar-refractivity contribution in [3.8, 4) is 0 Å². The highest BCUT2D eigenvalue weighted by Gasteiger charge is 2.26. The minimum absolute atomic E-state index is 0.118. The Morgan fingerprint density at radius 3 is 2.93 bits per heavy atom. The van der Waals surface area contributed by atoms with Gasteiger partial charge in [-0.05, 0) is 72.2 Å². The zero-order valence-electron chi connectivity index (χ0n) is 15.1. The normalized spacial score (nSPS) is 20.0. The highest BCUT2D eigenvalue weighted by molar-refractivity contribution is 6.31. The van der Waals surface area contributed by atoms with Gasteiger partial charge in [0.2, 0.25) is 5.91 Å². The summed E-state index contributed by atoms with van der Waals surface area (Å²) in [6.45, 7) is 1.48. The Kier molecular flexibility index (Phi) is 5.38. The van der Waals surface area contributed by atoms with E-state index in [1.54, 1.807) is 11.0 Å². The summed E-state index contributed by atoms with van der Waals surface area (Å²) in [6.07, 6.45) is 8.38. The standard InChI is InChI=1S/C19H23ClN6O/c20-16-5-6-18-17(9-16)15(10-22-18)7-8-21-19(27)14-3-1-13(2-4-14)11-26-12-23-24-25-26/h5-6,9-10,12-14,22H,1-4,7-8,11H2,(H,21,27). The quantitative estimate of drug-likeness (QED) is 0.681. The molecule has 3 aromatic rings. The minimum Gasteiger partial charge on any atom is -0.361 e. The average Bonchev–Trinajstić information content (AvgIpc) is 3.32. The Morgan fingerprint density at radius 1 is 1.30 bits per heavy atom. The average molecular weight is 387 g/mol. The number of hydrogen-bond acceptors (Lipinski definition) is 4. The first-order valence-corrected chi connectivity index (χ1v) is 9.81. The van der Waals surface area contributed by atoms with E-state index >= 15 is 0 Å². The maximum absolute atomic E-state index is 12.5. The van der Waals surface area contributed by atoms with E-state index in [2.05, 4.69) is 25.8 Å². The molecule has 1 aliphatic rings. The van der Waals surface area contributed by atoms with Gasteiger partial charge in [-0.3, -0.25) is 4.79 Å². The Hall–Kier alpha value is -2.41. The molecule has 27 heavy (non-hydrogen) atoms. The van der Waals surface area contributed by atoms with Crippen molar-refractivity contribution in [1.82, 2.24) is 30.5 Å². The number of hydrogen-bond donors (Lipinski definition) is 2. The number of halogens is 1. The largest absolute Gasteiger partial charge is 0.361 e. The summed E-state index contributed by atoms with van der Waals surface area (Å²) in [5.74, 6) is 0.842. The molecule has 0 atom stereocenters. The SMILES string of the molecule is O=C(NCCc1c[nH]c2ccc(Cl)cc12)C1CCC(Cn2cnnn2)CC1. The van der Waals surface area contributed by atoms with E-state index < -0.39 is 0 Å². The lowest BCUT2D eigenvalue weighted by Gasteiger charge is -2.27. The van der Waals surface area contributed by atoms with Gasteiger partial charge in [0.15, 0.2) is 0 Å². The molecule has 2 N–H and O–H groups in total. The number of carbonyl (C=O) groups is 1. The molecule has 0 bridgehead atoms. The number of amides is 1. The van der Waals surface area contributed by atoms with Crippen molar-refractivity contribution in [3.05, 3.63) is 41.3 Å². The van der Waals surface area contributed by atoms with Crippen molar-refractivity contribution in [1.29, 1.82) is 0 Å². The molecular formula is C19H23ClN6O. The molecule has 142 valence electrons. The fraction of sp³-hybridized carbons (Fsp3) is 0.474. The van der Waals surface area contributed by atoms with Gasteiger partial charge in [0.25, 0.3) is 0 Å². The molecule has 4 rings (SSSR count). The van der Waals surface area contributed by atoms with Crippen molar-refractivity contribution < 1.29 is 4.79 Å². The highest BCUT2D eigenvalue weighted by Crippen LogP contribution is 2.30. The number of rotatable bonds is 6. The Balaban J connectivity index is 1.23. The van der Waals surface area contributed by atoms with Gasteiger partial charge in [0.1, 0.15) is 6.33 Å². The molecule has 7 nitrogen and oxygen atoms in total. The molecule has 1 fully saturated rings. The van der Waals surface area contributed by atoms with Gasteiger partial charge >= 0.3 is 0 Å². The third-order valence-corrected chi connectivity index (χ3v) is 5.71. The number of tetrazole rings is 1. The molecule has 0 saturated heterocycles.